The van der Waals surface area contributed by atoms with Crippen LogP contribution >= 0.6 is 0 Å². The van der Waals surface area contributed by atoms with E-state index in [-0.39, 0.29) is 0 Å². The Bertz CT molecular complexity index is 321. The largest absolute Gasteiger partial charge is 0.496 e. The predicted molar refractivity (Wildman–Crippen MR) is 58.6 cm³/mol. The normalized spacial score (nSPS) is 9.79. The van der Waals surface area contributed by atoms with E-state index in [4.69, 9.17) is 9.47 Å². The third-order valence-corrected chi connectivity index (χ3v) is 2.18. The summed E-state index contributed by atoms with van der Waals surface area (Å²) in [6, 6.07) is 3.96. The lowest BCUT2D eigenvalue weighted by molar-refractivity contribution is 0.401. The quantitative estimate of drug-likeness (QED) is 0.737. The molecule has 1 aromatic rings. The smallest absolute Gasteiger partial charge is 0.142 e. The van der Waals surface area contributed by atoms with Crippen molar-refractivity contribution >= 4 is 5.69 Å². The second-order valence-electron chi connectivity index (χ2n) is 3.39. The Morgan fingerprint density at radius 1 is 1.00 bits per heavy atom. The molecule has 14 heavy (non-hydrogen) atoms. The summed E-state index contributed by atoms with van der Waals surface area (Å²) >= 11 is 0. The molecule has 0 radical (unpaired) electrons. The zero-order valence-corrected chi connectivity index (χ0v) is 9.42. The molecule has 0 saturated carbocycles. The Labute approximate surface area is 85.2 Å². The first-order valence-electron chi connectivity index (χ1n) is 4.50. The Balaban J connectivity index is 3.25. The van der Waals surface area contributed by atoms with Gasteiger partial charge in [-0.3, -0.25) is 0 Å². The van der Waals surface area contributed by atoms with Crippen molar-refractivity contribution in [2.24, 2.45) is 0 Å². The van der Waals surface area contributed by atoms with Crippen LogP contribution in [0.3, 0.4) is 0 Å². The zero-order chi connectivity index (χ0) is 10.7. The van der Waals surface area contributed by atoms with E-state index < -0.39 is 0 Å². The van der Waals surface area contributed by atoms with Crippen LogP contribution in [0, 0.1) is 6.92 Å². The second kappa shape index (κ2) is 4.22. The molecule has 0 aliphatic heterocycles. The first-order valence-corrected chi connectivity index (χ1v) is 4.50. The van der Waals surface area contributed by atoms with Gasteiger partial charge in [0, 0.05) is 20.2 Å². The molecule has 0 saturated heterocycles. The van der Waals surface area contributed by atoms with Gasteiger partial charge in [0.25, 0.3) is 0 Å². The Morgan fingerprint density at radius 3 is 2.00 bits per heavy atom. The molecule has 3 heteroatoms. The van der Waals surface area contributed by atoms with Gasteiger partial charge in [-0.15, -0.1) is 0 Å². The molecule has 1 aromatic carbocycles. The lowest BCUT2D eigenvalue weighted by Gasteiger charge is -2.18. The monoisotopic (exact) mass is 195 g/mol. The molecule has 0 aliphatic rings. The molecular formula is C11H17NO2. The van der Waals surface area contributed by atoms with Gasteiger partial charge in [-0.1, -0.05) is 0 Å². The molecule has 0 N–H and O–H groups in total. The minimum absolute atomic E-state index is 0.869. The lowest BCUT2D eigenvalue weighted by atomic mass is 10.1. The van der Waals surface area contributed by atoms with Crippen molar-refractivity contribution in [1.82, 2.24) is 0 Å². The van der Waals surface area contributed by atoms with E-state index >= 15 is 0 Å². The second-order valence-corrected chi connectivity index (χ2v) is 3.39. The molecular weight excluding hydrogens is 178 g/mol. The maximum atomic E-state index is 5.29. The van der Waals surface area contributed by atoms with Crippen molar-refractivity contribution in [1.29, 1.82) is 0 Å². The Morgan fingerprint density at radius 2 is 1.57 bits per heavy atom. The molecule has 0 bridgehead atoms. The number of anilines is 1. The summed E-state index contributed by atoms with van der Waals surface area (Å²) in [7, 11) is 7.31. The van der Waals surface area contributed by atoms with Gasteiger partial charge in [0.1, 0.15) is 11.5 Å². The van der Waals surface area contributed by atoms with Crippen molar-refractivity contribution in [3.05, 3.63) is 17.7 Å². The molecule has 0 spiro atoms. The summed E-state index contributed by atoms with van der Waals surface area (Å²) < 4.78 is 10.5. The summed E-state index contributed by atoms with van der Waals surface area (Å²) in [6.07, 6.45) is 0. The number of methoxy groups -OCH3 is 2. The maximum Gasteiger partial charge on any atom is 0.142 e. The highest BCUT2D eigenvalue weighted by atomic mass is 16.5. The van der Waals surface area contributed by atoms with Gasteiger partial charge >= 0.3 is 0 Å². The fourth-order valence-electron chi connectivity index (χ4n) is 1.38. The van der Waals surface area contributed by atoms with Gasteiger partial charge in [-0.05, 0) is 18.6 Å². The highest BCUT2D eigenvalue weighted by molar-refractivity contribution is 5.63. The molecule has 0 heterocycles. The SMILES string of the molecule is COc1cc(N(C)C)c(OC)cc1C. The highest BCUT2D eigenvalue weighted by Gasteiger charge is 2.09. The van der Waals surface area contributed by atoms with Crippen LogP contribution in [0.1, 0.15) is 5.56 Å². The zero-order valence-electron chi connectivity index (χ0n) is 9.42. The molecule has 0 atom stereocenters. The van der Waals surface area contributed by atoms with Crippen LogP contribution in [0.2, 0.25) is 0 Å². The van der Waals surface area contributed by atoms with E-state index in [1.807, 2.05) is 38.1 Å². The molecule has 0 aromatic heterocycles. The van der Waals surface area contributed by atoms with Crippen molar-refractivity contribution < 1.29 is 9.47 Å². The van der Waals surface area contributed by atoms with Crippen LogP contribution in [-0.4, -0.2) is 28.3 Å². The van der Waals surface area contributed by atoms with Crippen molar-refractivity contribution in [3.8, 4) is 11.5 Å². The van der Waals surface area contributed by atoms with Crippen molar-refractivity contribution in [2.75, 3.05) is 33.2 Å². The van der Waals surface area contributed by atoms with E-state index in [1.165, 1.54) is 0 Å². The van der Waals surface area contributed by atoms with Gasteiger partial charge in [-0.25, -0.2) is 0 Å². The first kappa shape index (κ1) is 10.7. The van der Waals surface area contributed by atoms with E-state index in [0.29, 0.717) is 0 Å². The fraction of sp³-hybridized carbons (Fsp3) is 0.455. The number of hydrogen-bond donors (Lipinski definition) is 0. The van der Waals surface area contributed by atoms with Crippen LogP contribution in [-0.2, 0) is 0 Å². The number of hydrogen-bond acceptors (Lipinski definition) is 3. The first-order chi connectivity index (χ1) is 6.60. The molecule has 0 aliphatic carbocycles. The van der Waals surface area contributed by atoms with E-state index in [0.717, 1.165) is 22.7 Å². The molecule has 0 unspecified atom stereocenters. The summed E-state index contributed by atoms with van der Waals surface area (Å²) in [5.41, 5.74) is 2.10. The molecule has 0 amide bonds. The summed E-state index contributed by atoms with van der Waals surface area (Å²) in [4.78, 5) is 2.00. The number of ether oxygens (including phenoxy) is 2. The summed E-state index contributed by atoms with van der Waals surface area (Å²) in [5.74, 6) is 1.75. The van der Waals surface area contributed by atoms with Crippen molar-refractivity contribution in [2.45, 2.75) is 6.92 Å². The number of nitrogens with zero attached hydrogens (tertiary/aromatic N) is 1. The predicted octanol–water partition coefficient (Wildman–Crippen LogP) is 2.08. The lowest BCUT2D eigenvalue weighted by Crippen LogP contribution is -2.10. The van der Waals surface area contributed by atoms with Gasteiger partial charge in [0.15, 0.2) is 0 Å². The van der Waals surface area contributed by atoms with E-state index in [9.17, 15) is 0 Å². The van der Waals surface area contributed by atoms with Crippen molar-refractivity contribution in [3.63, 3.8) is 0 Å². The van der Waals surface area contributed by atoms with Gasteiger partial charge < -0.3 is 14.4 Å². The number of rotatable bonds is 3. The fourth-order valence-corrected chi connectivity index (χ4v) is 1.38. The summed E-state index contributed by atoms with van der Waals surface area (Å²) in [5, 5.41) is 0. The van der Waals surface area contributed by atoms with Crippen LogP contribution in [0.15, 0.2) is 12.1 Å². The topological polar surface area (TPSA) is 21.7 Å². The third-order valence-electron chi connectivity index (χ3n) is 2.18. The molecule has 0 fully saturated rings. The minimum atomic E-state index is 0.869. The van der Waals surface area contributed by atoms with Crippen LogP contribution < -0.4 is 14.4 Å². The third kappa shape index (κ3) is 1.92. The Hall–Kier alpha value is -1.38. The average Bonchev–Trinajstić information content (AvgIpc) is 2.16. The van der Waals surface area contributed by atoms with E-state index in [1.54, 1.807) is 14.2 Å². The summed E-state index contributed by atoms with van der Waals surface area (Å²) in [6.45, 7) is 2.00. The van der Waals surface area contributed by atoms with Gasteiger partial charge in [0.05, 0.1) is 19.9 Å². The molecule has 3 nitrogen and oxygen atoms in total. The van der Waals surface area contributed by atoms with Gasteiger partial charge in [0.2, 0.25) is 0 Å². The average molecular weight is 195 g/mol. The number of benzene rings is 1. The number of aryl methyl sites for hydroxylation is 1. The molecule has 1 rings (SSSR count). The molecule has 78 valence electrons. The highest BCUT2D eigenvalue weighted by Crippen LogP contribution is 2.33. The Kier molecular flexibility index (Phi) is 3.23. The minimum Gasteiger partial charge on any atom is -0.496 e. The van der Waals surface area contributed by atoms with Crippen LogP contribution in [0.4, 0.5) is 5.69 Å². The maximum absolute atomic E-state index is 5.29. The van der Waals surface area contributed by atoms with E-state index in [2.05, 4.69) is 0 Å². The standard InChI is InChI=1S/C11H17NO2/c1-8-6-11(14-5)9(12(2)3)7-10(8)13-4/h6-7H,1-5H3. The van der Waals surface area contributed by atoms with Crippen LogP contribution in [0.25, 0.3) is 0 Å². The van der Waals surface area contributed by atoms with Crippen LogP contribution in [0.5, 0.6) is 11.5 Å². The van der Waals surface area contributed by atoms with Gasteiger partial charge in [-0.2, -0.15) is 0 Å².